The number of nitrogens with zero attached hydrogens (tertiary/aromatic N) is 3. The van der Waals surface area contributed by atoms with Crippen LogP contribution in [0.2, 0.25) is 0 Å². The Labute approximate surface area is 182 Å². The molecule has 1 aliphatic rings. The number of carbonyl (C=O) groups is 4. The van der Waals surface area contributed by atoms with Crippen LogP contribution in [0.25, 0.3) is 0 Å². The molecule has 1 fully saturated rings. The van der Waals surface area contributed by atoms with E-state index in [-0.39, 0.29) is 24.1 Å². The lowest BCUT2D eigenvalue weighted by atomic mass is 10.2. The highest BCUT2D eigenvalue weighted by molar-refractivity contribution is 6.23. The Balaban J connectivity index is 1.86. The second kappa shape index (κ2) is 9.25. The first kappa shape index (κ1) is 22.4. The minimum absolute atomic E-state index is 0.0459. The number of hydrazine groups is 1. The van der Waals surface area contributed by atoms with Crippen LogP contribution in [0.4, 0.5) is 11.4 Å². The summed E-state index contributed by atoms with van der Waals surface area (Å²) in [5.41, 5.74) is 2.26. The van der Waals surface area contributed by atoms with Crippen molar-refractivity contribution in [3.8, 4) is 5.75 Å². The van der Waals surface area contributed by atoms with Crippen LogP contribution in [0.3, 0.4) is 0 Å². The molecule has 0 aromatic heterocycles. The van der Waals surface area contributed by atoms with E-state index in [1.165, 1.54) is 44.4 Å². The van der Waals surface area contributed by atoms with Gasteiger partial charge in [0.2, 0.25) is 11.8 Å². The number of non-ortho nitro benzene ring substituents is 1. The van der Waals surface area contributed by atoms with Gasteiger partial charge in [-0.3, -0.25) is 34.7 Å². The summed E-state index contributed by atoms with van der Waals surface area (Å²) in [6.07, 6.45) is -0.373. The zero-order chi connectivity index (χ0) is 23.4. The quantitative estimate of drug-likeness (QED) is 0.410. The van der Waals surface area contributed by atoms with Crippen molar-refractivity contribution in [2.75, 3.05) is 12.0 Å². The number of ether oxygens (including phenoxy) is 1. The van der Waals surface area contributed by atoms with E-state index in [0.29, 0.717) is 11.4 Å². The van der Waals surface area contributed by atoms with E-state index in [1.54, 1.807) is 12.1 Å². The van der Waals surface area contributed by atoms with Crippen molar-refractivity contribution in [3.05, 3.63) is 64.2 Å². The molecular weight excluding hydrogens is 420 g/mol. The molecule has 1 aliphatic heterocycles. The number of hydrogen-bond donors (Lipinski definition) is 1. The Kier molecular flexibility index (Phi) is 6.47. The SMILES string of the molecule is CCC(=O)N(NC(=O)c1cccc([N+](=O)[O-])c1)C1CC(=O)N(c2ccc(OC)cc2)C1=O. The molecule has 0 saturated carbocycles. The van der Waals surface area contributed by atoms with E-state index in [0.717, 1.165) is 16.0 Å². The second-order valence-electron chi connectivity index (χ2n) is 6.85. The summed E-state index contributed by atoms with van der Waals surface area (Å²) in [6, 6.07) is 9.92. The van der Waals surface area contributed by atoms with Crippen LogP contribution in [-0.2, 0) is 14.4 Å². The third-order valence-corrected chi connectivity index (χ3v) is 4.88. The third kappa shape index (κ3) is 4.41. The minimum Gasteiger partial charge on any atom is -0.497 e. The lowest BCUT2D eigenvalue weighted by Gasteiger charge is -2.27. The number of nitro groups is 1. The van der Waals surface area contributed by atoms with Gasteiger partial charge in [-0.05, 0) is 30.3 Å². The van der Waals surface area contributed by atoms with Gasteiger partial charge in [-0.15, -0.1) is 0 Å². The standard InChI is InChI=1S/C21H20N4O7/c1-3-18(26)24(22-20(28)13-5-4-6-15(11-13)25(30)31)17-12-19(27)23(21(17)29)14-7-9-16(32-2)10-8-14/h4-11,17H,3,12H2,1-2H3,(H,22,28). The number of imide groups is 1. The summed E-state index contributed by atoms with van der Waals surface area (Å²) in [4.78, 5) is 62.1. The number of nitro benzene ring substituents is 1. The molecule has 0 aliphatic carbocycles. The Morgan fingerprint density at radius 1 is 1.22 bits per heavy atom. The van der Waals surface area contributed by atoms with Crippen LogP contribution in [-0.4, -0.2) is 46.7 Å². The fraction of sp³-hybridized carbons (Fsp3) is 0.238. The summed E-state index contributed by atoms with van der Waals surface area (Å²) < 4.78 is 5.07. The van der Waals surface area contributed by atoms with Gasteiger partial charge in [0.05, 0.1) is 24.1 Å². The van der Waals surface area contributed by atoms with Gasteiger partial charge in [-0.1, -0.05) is 13.0 Å². The fourth-order valence-electron chi connectivity index (χ4n) is 3.24. The van der Waals surface area contributed by atoms with E-state index in [1.807, 2.05) is 0 Å². The monoisotopic (exact) mass is 440 g/mol. The maximum Gasteiger partial charge on any atom is 0.270 e. The molecule has 11 nitrogen and oxygen atoms in total. The van der Waals surface area contributed by atoms with E-state index in [9.17, 15) is 29.3 Å². The number of amides is 4. The largest absolute Gasteiger partial charge is 0.497 e. The molecule has 0 bridgehead atoms. The highest BCUT2D eigenvalue weighted by Crippen LogP contribution is 2.27. The molecule has 1 unspecified atom stereocenters. The van der Waals surface area contributed by atoms with Gasteiger partial charge < -0.3 is 4.74 Å². The van der Waals surface area contributed by atoms with Crippen LogP contribution < -0.4 is 15.1 Å². The van der Waals surface area contributed by atoms with Crippen molar-refractivity contribution in [2.45, 2.75) is 25.8 Å². The lowest BCUT2D eigenvalue weighted by molar-refractivity contribution is -0.384. The van der Waals surface area contributed by atoms with Gasteiger partial charge in [0.1, 0.15) is 11.8 Å². The van der Waals surface area contributed by atoms with E-state index in [4.69, 9.17) is 4.74 Å². The number of hydrogen-bond acceptors (Lipinski definition) is 7. The maximum absolute atomic E-state index is 13.0. The molecule has 1 saturated heterocycles. The molecule has 0 radical (unpaired) electrons. The molecule has 2 aromatic rings. The summed E-state index contributed by atoms with van der Waals surface area (Å²) in [6.45, 7) is 1.54. The van der Waals surface area contributed by atoms with E-state index in [2.05, 4.69) is 5.43 Å². The van der Waals surface area contributed by atoms with E-state index < -0.39 is 34.6 Å². The van der Waals surface area contributed by atoms with Gasteiger partial charge in [-0.25, -0.2) is 9.91 Å². The summed E-state index contributed by atoms with van der Waals surface area (Å²) in [5.74, 6) is -2.09. The Bertz CT molecular complexity index is 1080. The van der Waals surface area contributed by atoms with E-state index >= 15 is 0 Å². The molecule has 4 amide bonds. The number of carbonyl (C=O) groups excluding carboxylic acids is 4. The third-order valence-electron chi connectivity index (χ3n) is 4.88. The van der Waals surface area contributed by atoms with Gasteiger partial charge in [0.25, 0.3) is 17.5 Å². The van der Waals surface area contributed by atoms with Gasteiger partial charge in [0.15, 0.2) is 0 Å². The lowest BCUT2D eigenvalue weighted by Crippen LogP contribution is -2.54. The predicted octanol–water partition coefficient (Wildman–Crippen LogP) is 1.82. The molecule has 1 heterocycles. The number of anilines is 1. The van der Waals surface area contributed by atoms with Crippen LogP contribution in [0.5, 0.6) is 5.75 Å². The Morgan fingerprint density at radius 3 is 2.50 bits per heavy atom. The Hall–Kier alpha value is -4.28. The molecule has 0 spiro atoms. The number of benzene rings is 2. The Morgan fingerprint density at radius 2 is 1.91 bits per heavy atom. The average Bonchev–Trinajstić information content (AvgIpc) is 3.10. The average molecular weight is 440 g/mol. The van der Waals surface area contributed by atoms with Gasteiger partial charge in [-0.2, -0.15) is 0 Å². The molecule has 1 N–H and O–H groups in total. The van der Waals surface area contributed by atoms with Crippen LogP contribution in [0.1, 0.15) is 30.1 Å². The van der Waals surface area contributed by atoms with Crippen LogP contribution in [0, 0.1) is 10.1 Å². The molecule has 32 heavy (non-hydrogen) atoms. The van der Waals surface area contributed by atoms with Crippen molar-refractivity contribution in [1.29, 1.82) is 0 Å². The van der Waals surface area contributed by atoms with Crippen molar-refractivity contribution in [3.63, 3.8) is 0 Å². The zero-order valence-electron chi connectivity index (χ0n) is 17.3. The first-order valence-electron chi connectivity index (χ1n) is 9.65. The van der Waals surface area contributed by atoms with Crippen LogP contribution >= 0.6 is 0 Å². The molecule has 2 aromatic carbocycles. The van der Waals surface area contributed by atoms with Gasteiger partial charge in [0, 0.05) is 24.1 Å². The molecule has 1 atom stereocenters. The van der Waals surface area contributed by atoms with Gasteiger partial charge >= 0.3 is 0 Å². The zero-order valence-corrected chi connectivity index (χ0v) is 17.3. The smallest absolute Gasteiger partial charge is 0.270 e. The molecule has 11 heteroatoms. The maximum atomic E-state index is 13.0. The molecular formula is C21H20N4O7. The van der Waals surface area contributed by atoms with Crippen molar-refractivity contribution < 1.29 is 28.8 Å². The molecule has 3 rings (SSSR count). The summed E-state index contributed by atoms with van der Waals surface area (Å²) in [7, 11) is 1.48. The van der Waals surface area contributed by atoms with Crippen molar-refractivity contribution in [1.82, 2.24) is 10.4 Å². The summed E-state index contributed by atoms with van der Waals surface area (Å²) in [5, 5.41) is 11.8. The second-order valence-corrected chi connectivity index (χ2v) is 6.85. The first-order chi connectivity index (χ1) is 15.3. The van der Waals surface area contributed by atoms with Crippen LogP contribution in [0.15, 0.2) is 48.5 Å². The van der Waals surface area contributed by atoms with Crippen molar-refractivity contribution in [2.24, 2.45) is 0 Å². The predicted molar refractivity (Wildman–Crippen MR) is 112 cm³/mol. The summed E-state index contributed by atoms with van der Waals surface area (Å²) >= 11 is 0. The highest BCUT2D eigenvalue weighted by atomic mass is 16.6. The number of rotatable bonds is 6. The number of methoxy groups -OCH3 is 1. The fourth-order valence-corrected chi connectivity index (χ4v) is 3.24. The minimum atomic E-state index is -1.25. The topological polar surface area (TPSA) is 139 Å². The highest BCUT2D eigenvalue weighted by Gasteiger charge is 2.45. The number of nitrogens with one attached hydrogen (secondary N) is 1. The van der Waals surface area contributed by atoms with Crippen molar-refractivity contribution >= 4 is 35.0 Å². The molecule has 166 valence electrons. The first-order valence-corrected chi connectivity index (χ1v) is 9.65. The normalized spacial score (nSPS) is 15.4.